The van der Waals surface area contributed by atoms with Crippen molar-refractivity contribution in [1.29, 1.82) is 0 Å². The molecule has 0 spiro atoms. The van der Waals surface area contributed by atoms with Gasteiger partial charge in [-0.2, -0.15) is 0 Å². The summed E-state index contributed by atoms with van der Waals surface area (Å²) in [5.41, 5.74) is 2.74. The SMILES string of the molecule is O=C(C=Cc1ccc(OCc2ccccc2)cc1)NC(Cc1ccccc1)C(=O)O. The van der Waals surface area contributed by atoms with Crippen LogP contribution < -0.4 is 10.1 Å². The molecule has 0 saturated carbocycles. The van der Waals surface area contributed by atoms with Crippen LogP contribution in [0.5, 0.6) is 5.75 Å². The number of benzene rings is 3. The molecule has 3 aromatic rings. The molecule has 0 saturated heterocycles. The van der Waals surface area contributed by atoms with Crippen molar-refractivity contribution in [3.8, 4) is 5.75 Å². The maximum absolute atomic E-state index is 12.2. The van der Waals surface area contributed by atoms with Gasteiger partial charge in [0.25, 0.3) is 0 Å². The van der Waals surface area contributed by atoms with Crippen molar-refractivity contribution in [3.05, 3.63) is 108 Å². The summed E-state index contributed by atoms with van der Waals surface area (Å²) in [7, 11) is 0. The first-order valence-electron chi connectivity index (χ1n) is 9.62. The summed E-state index contributed by atoms with van der Waals surface area (Å²) >= 11 is 0. The van der Waals surface area contributed by atoms with E-state index >= 15 is 0 Å². The second-order valence-corrected chi connectivity index (χ2v) is 6.77. The van der Waals surface area contributed by atoms with Crippen molar-refractivity contribution in [2.45, 2.75) is 19.1 Å². The fourth-order valence-corrected chi connectivity index (χ4v) is 2.86. The standard InChI is InChI=1S/C25H23NO4/c27-24(26-23(25(28)29)17-20-7-3-1-4-8-20)16-13-19-11-14-22(15-12-19)30-18-21-9-5-2-6-10-21/h1-16,23H,17-18H2,(H,26,27)(H,28,29). The molecule has 1 atom stereocenters. The van der Waals surface area contributed by atoms with E-state index in [9.17, 15) is 14.7 Å². The van der Waals surface area contributed by atoms with Crippen molar-refractivity contribution in [1.82, 2.24) is 5.32 Å². The first-order chi connectivity index (χ1) is 14.6. The van der Waals surface area contributed by atoms with Crippen LogP contribution >= 0.6 is 0 Å². The average molecular weight is 401 g/mol. The molecule has 0 radical (unpaired) electrons. The van der Waals surface area contributed by atoms with Gasteiger partial charge in [0, 0.05) is 12.5 Å². The van der Waals surface area contributed by atoms with E-state index in [4.69, 9.17) is 4.74 Å². The number of nitrogens with one attached hydrogen (secondary N) is 1. The summed E-state index contributed by atoms with van der Waals surface area (Å²) in [4.78, 5) is 23.6. The first-order valence-corrected chi connectivity index (χ1v) is 9.62. The number of carbonyl (C=O) groups excluding carboxylic acids is 1. The monoisotopic (exact) mass is 401 g/mol. The molecule has 3 rings (SSSR count). The molecule has 0 aliphatic carbocycles. The smallest absolute Gasteiger partial charge is 0.326 e. The number of aliphatic carboxylic acids is 1. The van der Waals surface area contributed by atoms with Crippen molar-refractivity contribution < 1.29 is 19.4 Å². The zero-order chi connectivity index (χ0) is 21.2. The van der Waals surface area contributed by atoms with Crippen LogP contribution in [0.3, 0.4) is 0 Å². The second-order valence-electron chi connectivity index (χ2n) is 6.77. The van der Waals surface area contributed by atoms with Gasteiger partial charge in [0.1, 0.15) is 18.4 Å². The Morgan fingerprint density at radius 1 is 0.867 bits per heavy atom. The van der Waals surface area contributed by atoms with E-state index in [-0.39, 0.29) is 6.42 Å². The van der Waals surface area contributed by atoms with Gasteiger partial charge < -0.3 is 15.2 Å². The lowest BCUT2D eigenvalue weighted by molar-refractivity contribution is -0.141. The highest BCUT2D eigenvalue weighted by atomic mass is 16.5. The van der Waals surface area contributed by atoms with Crippen LogP contribution in [0.25, 0.3) is 6.08 Å². The lowest BCUT2D eigenvalue weighted by Crippen LogP contribution is -2.41. The van der Waals surface area contributed by atoms with Gasteiger partial charge in [-0.3, -0.25) is 4.79 Å². The molecule has 30 heavy (non-hydrogen) atoms. The van der Waals surface area contributed by atoms with Crippen molar-refractivity contribution >= 4 is 18.0 Å². The highest BCUT2D eigenvalue weighted by molar-refractivity contribution is 5.94. The van der Waals surface area contributed by atoms with E-state index < -0.39 is 17.9 Å². The number of carboxylic acids is 1. The molecule has 0 aliphatic heterocycles. The third kappa shape index (κ3) is 6.63. The molecule has 1 amide bonds. The highest BCUT2D eigenvalue weighted by Crippen LogP contribution is 2.15. The lowest BCUT2D eigenvalue weighted by atomic mass is 10.1. The van der Waals surface area contributed by atoms with Crippen LogP contribution in [0.1, 0.15) is 16.7 Å². The molecular weight excluding hydrogens is 378 g/mol. The lowest BCUT2D eigenvalue weighted by Gasteiger charge is -2.13. The zero-order valence-corrected chi connectivity index (χ0v) is 16.4. The Bertz CT molecular complexity index is 983. The third-order valence-electron chi connectivity index (χ3n) is 4.45. The van der Waals surface area contributed by atoms with E-state index in [1.807, 2.05) is 84.9 Å². The number of carbonyl (C=O) groups is 2. The van der Waals surface area contributed by atoms with Crippen LogP contribution in [-0.4, -0.2) is 23.0 Å². The predicted octanol–water partition coefficient (Wildman–Crippen LogP) is 4.09. The van der Waals surface area contributed by atoms with Crippen LogP contribution in [0, 0.1) is 0 Å². The first kappa shape index (κ1) is 20.9. The van der Waals surface area contributed by atoms with Gasteiger partial charge >= 0.3 is 5.97 Å². The molecule has 0 heterocycles. The predicted molar refractivity (Wildman–Crippen MR) is 116 cm³/mol. The molecule has 0 fully saturated rings. The maximum Gasteiger partial charge on any atom is 0.326 e. The second kappa shape index (κ2) is 10.6. The van der Waals surface area contributed by atoms with Gasteiger partial charge in [0.2, 0.25) is 5.91 Å². The largest absolute Gasteiger partial charge is 0.489 e. The topological polar surface area (TPSA) is 75.6 Å². The Labute approximate surface area is 175 Å². The van der Waals surface area contributed by atoms with Crippen molar-refractivity contribution in [2.75, 3.05) is 0 Å². The Morgan fingerprint density at radius 3 is 2.07 bits per heavy atom. The van der Waals surface area contributed by atoms with Crippen LogP contribution in [0.15, 0.2) is 91.0 Å². The number of ether oxygens (including phenoxy) is 1. The van der Waals surface area contributed by atoms with E-state index in [2.05, 4.69) is 5.32 Å². The normalized spacial score (nSPS) is 11.7. The minimum atomic E-state index is -1.07. The third-order valence-corrected chi connectivity index (χ3v) is 4.45. The number of amides is 1. The van der Waals surface area contributed by atoms with Crippen LogP contribution in [0.2, 0.25) is 0 Å². The molecule has 3 aromatic carbocycles. The van der Waals surface area contributed by atoms with Crippen molar-refractivity contribution in [2.24, 2.45) is 0 Å². The summed E-state index contributed by atoms with van der Waals surface area (Å²) in [6.07, 6.45) is 3.20. The molecule has 5 nitrogen and oxygen atoms in total. The highest BCUT2D eigenvalue weighted by Gasteiger charge is 2.19. The molecule has 5 heteroatoms. The number of rotatable bonds is 9. The summed E-state index contributed by atoms with van der Waals surface area (Å²) in [6.45, 7) is 0.483. The molecule has 0 aliphatic rings. The van der Waals surface area contributed by atoms with E-state index in [0.29, 0.717) is 6.61 Å². The van der Waals surface area contributed by atoms with E-state index in [0.717, 1.165) is 22.4 Å². The maximum atomic E-state index is 12.2. The van der Waals surface area contributed by atoms with Crippen molar-refractivity contribution in [3.63, 3.8) is 0 Å². The number of hydrogen-bond donors (Lipinski definition) is 2. The number of hydrogen-bond acceptors (Lipinski definition) is 3. The Morgan fingerprint density at radius 2 is 1.47 bits per heavy atom. The molecule has 0 bridgehead atoms. The molecule has 152 valence electrons. The number of carboxylic acid groups (broad SMARTS) is 1. The van der Waals surface area contributed by atoms with Gasteiger partial charge in [-0.25, -0.2) is 4.79 Å². The summed E-state index contributed by atoms with van der Waals surface area (Å²) in [6, 6.07) is 25.4. The Kier molecular flexibility index (Phi) is 7.39. The average Bonchev–Trinajstić information content (AvgIpc) is 2.78. The molecule has 2 N–H and O–H groups in total. The molecule has 1 unspecified atom stereocenters. The minimum absolute atomic E-state index is 0.225. The zero-order valence-electron chi connectivity index (χ0n) is 16.4. The van der Waals surface area contributed by atoms with Crippen LogP contribution in [0.4, 0.5) is 0 Å². The molecular formula is C25H23NO4. The van der Waals surface area contributed by atoms with Gasteiger partial charge in [0.05, 0.1) is 0 Å². The van der Waals surface area contributed by atoms with E-state index in [1.54, 1.807) is 6.08 Å². The van der Waals surface area contributed by atoms with E-state index in [1.165, 1.54) is 6.08 Å². The molecule has 0 aromatic heterocycles. The minimum Gasteiger partial charge on any atom is -0.489 e. The summed E-state index contributed by atoms with van der Waals surface area (Å²) in [5, 5.41) is 11.9. The summed E-state index contributed by atoms with van der Waals surface area (Å²) < 4.78 is 5.74. The Hall–Kier alpha value is -3.86. The summed E-state index contributed by atoms with van der Waals surface area (Å²) in [5.74, 6) is -0.794. The van der Waals surface area contributed by atoms with Gasteiger partial charge in [0.15, 0.2) is 0 Å². The van der Waals surface area contributed by atoms with Gasteiger partial charge in [-0.1, -0.05) is 72.8 Å². The van der Waals surface area contributed by atoms with Gasteiger partial charge in [-0.15, -0.1) is 0 Å². The fourth-order valence-electron chi connectivity index (χ4n) is 2.86. The van der Waals surface area contributed by atoms with Crippen LogP contribution in [-0.2, 0) is 22.6 Å². The fraction of sp³-hybridized carbons (Fsp3) is 0.120. The quantitative estimate of drug-likeness (QED) is 0.530. The van der Waals surface area contributed by atoms with Gasteiger partial charge in [-0.05, 0) is 34.9 Å². The Balaban J connectivity index is 1.52.